The van der Waals surface area contributed by atoms with Crippen molar-refractivity contribution in [3.8, 4) is 0 Å². The molecule has 3 aromatic rings. The minimum absolute atomic E-state index is 0.0331. The Bertz CT molecular complexity index is 1520. The summed E-state index contributed by atoms with van der Waals surface area (Å²) in [6.07, 6.45) is 8.33. The van der Waals surface area contributed by atoms with Crippen molar-refractivity contribution in [3.63, 3.8) is 0 Å². The van der Waals surface area contributed by atoms with Crippen LogP contribution in [0.4, 0.5) is 5.69 Å². The number of amides is 1. The summed E-state index contributed by atoms with van der Waals surface area (Å²) < 4.78 is 6.46. The predicted octanol–water partition coefficient (Wildman–Crippen LogP) is 1.92. The zero-order valence-electron chi connectivity index (χ0n) is 25.7. The van der Waals surface area contributed by atoms with Gasteiger partial charge in [0.15, 0.2) is 0 Å². The molecule has 11 heteroatoms. The molecule has 3 N–H and O–H groups in total. The van der Waals surface area contributed by atoms with Gasteiger partial charge in [-0.05, 0) is 61.9 Å². The Labute approximate surface area is 258 Å². The van der Waals surface area contributed by atoms with Gasteiger partial charge in [0.05, 0.1) is 40.7 Å². The first kappa shape index (κ1) is 29.3. The number of aromatic nitrogens is 3. The number of aromatic amines is 1. The molecular weight excluding hydrogens is 556 g/mol. The lowest BCUT2D eigenvalue weighted by Gasteiger charge is -2.54. The van der Waals surface area contributed by atoms with Crippen LogP contribution in [0.15, 0.2) is 41.5 Å². The molecule has 4 saturated heterocycles. The predicted molar refractivity (Wildman–Crippen MR) is 170 cm³/mol. The number of nitrogens with zero attached hydrogens (tertiary/aromatic N) is 5. The number of aryl methyl sites for hydroxylation is 1. The van der Waals surface area contributed by atoms with Gasteiger partial charge in [-0.3, -0.25) is 24.4 Å². The molecular formula is C33H44N8O3. The fraction of sp³-hybridized carbons (Fsp3) is 0.576. The number of hydrogen-bond acceptors (Lipinski definition) is 9. The lowest BCUT2D eigenvalue weighted by molar-refractivity contribution is -0.169. The molecule has 0 unspecified atom stereocenters. The molecule has 0 aromatic carbocycles. The highest BCUT2D eigenvalue weighted by atomic mass is 16.5. The van der Waals surface area contributed by atoms with Crippen molar-refractivity contribution in [3.05, 3.63) is 63.8 Å². The summed E-state index contributed by atoms with van der Waals surface area (Å²) in [7, 11) is 0. The van der Waals surface area contributed by atoms with E-state index in [9.17, 15) is 9.59 Å². The highest BCUT2D eigenvalue weighted by Crippen LogP contribution is 2.44. The molecule has 4 aliphatic heterocycles. The fourth-order valence-electron chi connectivity index (χ4n) is 7.36. The molecule has 5 fully saturated rings. The molecule has 0 spiro atoms. The van der Waals surface area contributed by atoms with Crippen LogP contribution < -0.4 is 21.1 Å². The number of piperazine rings is 2. The van der Waals surface area contributed by atoms with Gasteiger partial charge >= 0.3 is 0 Å². The van der Waals surface area contributed by atoms with Crippen molar-refractivity contribution in [1.82, 2.24) is 35.4 Å². The quantitative estimate of drug-likeness (QED) is 0.356. The SMILES string of the molecule is CCc1cc2ncc(CN3CCN(c4ccc(C(=O)NC56CCC(CN7CCNCC7)(CC5)OC6)nc4)CC3)cc2[nH]c1=O. The summed E-state index contributed by atoms with van der Waals surface area (Å²) in [6, 6.07) is 7.79. The van der Waals surface area contributed by atoms with Gasteiger partial charge in [0, 0.05) is 77.2 Å². The van der Waals surface area contributed by atoms with Gasteiger partial charge in [-0.15, -0.1) is 0 Å². The van der Waals surface area contributed by atoms with E-state index >= 15 is 0 Å². The Balaban J connectivity index is 0.899. The Morgan fingerprint density at radius 1 is 0.977 bits per heavy atom. The van der Waals surface area contributed by atoms with Gasteiger partial charge in [0.2, 0.25) is 0 Å². The van der Waals surface area contributed by atoms with Crippen molar-refractivity contribution in [1.29, 1.82) is 0 Å². The van der Waals surface area contributed by atoms with Crippen LogP contribution in [0.3, 0.4) is 0 Å². The molecule has 234 valence electrons. The minimum atomic E-state index is -0.284. The number of ether oxygens (including phenoxy) is 1. The standard InChI is InChI=1S/C33H44N8O3/c1-2-25-18-28-29(37-30(25)42)17-24(19-35-28)21-39-13-15-41(16-14-39)26-3-4-27(36-20-26)31(43)38-32-5-7-33(8-6-32,44-23-32)22-40-11-9-34-10-12-40/h3-4,17-20,34H,2,5-16,21-23H2,1H3,(H,37,42)(H,38,43). The number of fused-ring (bicyclic) bond motifs is 4. The number of rotatable bonds is 8. The summed E-state index contributed by atoms with van der Waals surface area (Å²) >= 11 is 0. The van der Waals surface area contributed by atoms with Crippen LogP contribution in [0.25, 0.3) is 11.0 Å². The van der Waals surface area contributed by atoms with Crippen molar-refractivity contribution in [2.75, 3.05) is 70.4 Å². The number of pyridine rings is 3. The highest BCUT2D eigenvalue weighted by Gasteiger charge is 2.51. The van der Waals surface area contributed by atoms with Crippen LogP contribution in [0, 0.1) is 0 Å². The van der Waals surface area contributed by atoms with E-state index in [4.69, 9.17) is 4.74 Å². The molecule has 0 atom stereocenters. The minimum Gasteiger partial charge on any atom is -0.371 e. The van der Waals surface area contributed by atoms with Crippen molar-refractivity contribution in [2.24, 2.45) is 0 Å². The van der Waals surface area contributed by atoms with E-state index in [-0.39, 0.29) is 22.6 Å². The monoisotopic (exact) mass is 600 g/mol. The second-order valence-corrected chi connectivity index (χ2v) is 13.2. The van der Waals surface area contributed by atoms with Gasteiger partial charge in [-0.25, -0.2) is 4.98 Å². The maximum Gasteiger partial charge on any atom is 0.270 e. The molecule has 11 nitrogen and oxygen atoms in total. The second kappa shape index (κ2) is 12.2. The van der Waals surface area contributed by atoms with E-state index in [1.54, 1.807) is 0 Å². The first-order valence-electron chi connectivity index (χ1n) is 16.3. The Hall–Kier alpha value is -3.38. The van der Waals surface area contributed by atoms with Crippen LogP contribution >= 0.6 is 0 Å². The molecule has 44 heavy (non-hydrogen) atoms. The summed E-state index contributed by atoms with van der Waals surface area (Å²) in [5.41, 5.74) is 4.59. The number of carbonyl (C=O) groups is 1. The summed E-state index contributed by atoms with van der Waals surface area (Å²) in [5.74, 6) is -0.113. The van der Waals surface area contributed by atoms with Crippen LogP contribution in [0.1, 0.15) is 54.2 Å². The molecule has 1 aliphatic carbocycles. The highest BCUT2D eigenvalue weighted by molar-refractivity contribution is 5.93. The van der Waals surface area contributed by atoms with Gasteiger partial charge in [0.25, 0.3) is 11.5 Å². The molecule has 1 amide bonds. The molecule has 1 saturated carbocycles. The third-order valence-corrected chi connectivity index (χ3v) is 10.2. The average Bonchev–Trinajstić information content (AvgIpc) is 3.06. The lowest BCUT2D eigenvalue weighted by Crippen LogP contribution is -2.65. The first-order chi connectivity index (χ1) is 21.4. The van der Waals surface area contributed by atoms with Crippen molar-refractivity contribution < 1.29 is 9.53 Å². The third-order valence-electron chi connectivity index (χ3n) is 10.2. The smallest absolute Gasteiger partial charge is 0.270 e. The molecule has 0 radical (unpaired) electrons. The fourth-order valence-corrected chi connectivity index (χ4v) is 7.36. The number of anilines is 1. The van der Waals surface area contributed by atoms with Gasteiger partial charge in [-0.2, -0.15) is 0 Å². The molecule has 8 rings (SSSR count). The van der Waals surface area contributed by atoms with Gasteiger partial charge < -0.3 is 25.3 Å². The third kappa shape index (κ3) is 6.10. The molecule has 7 heterocycles. The number of nitrogens with one attached hydrogen (secondary N) is 3. The maximum absolute atomic E-state index is 13.2. The molecule has 5 aliphatic rings. The zero-order valence-corrected chi connectivity index (χ0v) is 25.7. The topological polar surface area (TPSA) is 119 Å². The Morgan fingerprint density at radius 3 is 2.45 bits per heavy atom. The maximum atomic E-state index is 13.2. The Kier molecular flexibility index (Phi) is 8.13. The van der Waals surface area contributed by atoms with E-state index in [0.29, 0.717) is 18.7 Å². The van der Waals surface area contributed by atoms with E-state index in [0.717, 1.165) is 119 Å². The van der Waals surface area contributed by atoms with E-state index < -0.39 is 0 Å². The number of hydrogen-bond donors (Lipinski definition) is 3. The summed E-state index contributed by atoms with van der Waals surface area (Å²) in [4.78, 5) is 44.9. The van der Waals surface area contributed by atoms with Gasteiger partial charge in [-0.1, -0.05) is 6.92 Å². The van der Waals surface area contributed by atoms with Crippen LogP contribution in [-0.2, 0) is 17.7 Å². The van der Waals surface area contributed by atoms with Crippen molar-refractivity contribution in [2.45, 2.75) is 56.7 Å². The first-order valence-corrected chi connectivity index (χ1v) is 16.3. The van der Waals surface area contributed by atoms with Gasteiger partial charge in [0.1, 0.15) is 5.69 Å². The van der Waals surface area contributed by atoms with E-state index in [1.807, 2.05) is 43.6 Å². The van der Waals surface area contributed by atoms with Crippen molar-refractivity contribution >= 4 is 22.6 Å². The molecule has 2 bridgehead atoms. The van der Waals surface area contributed by atoms with Crippen LogP contribution in [-0.4, -0.2) is 107 Å². The van der Waals surface area contributed by atoms with E-state index in [1.165, 1.54) is 0 Å². The summed E-state index contributed by atoms with van der Waals surface area (Å²) in [5, 5.41) is 6.73. The second-order valence-electron chi connectivity index (χ2n) is 13.2. The van der Waals surface area contributed by atoms with Crippen LogP contribution in [0.2, 0.25) is 0 Å². The van der Waals surface area contributed by atoms with Crippen LogP contribution in [0.5, 0.6) is 0 Å². The Morgan fingerprint density at radius 2 is 1.77 bits per heavy atom. The largest absolute Gasteiger partial charge is 0.371 e. The summed E-state index contributed by atoms with van der Waals surface area (Å²) in [6.45, 7) is 12.2. The zero-order chi connectivity index (χ0) is 30.1. The number of H-pyrrole nitrogens is 1. The lowest BCUT2D eigenvalue weighted by atomic mass is 9.70. The number of carbonyl (C=O) groups excluding carboxylic acids is 1. The average molecular weight is 601 g/mol. The van der Waals surface area contributed by atoms with E-state index in [2.05, 4.69) is 40.3 Å². The normalized spacial score (nSPS) is 26.2. The molecule has 3 aromatic heterocycles.